The van der Waals surface area contributed by atoms with E-state index in [-0.39, 0.29) is 0 Å². The predicted octanol–water partition coefficient (Wildman–Crippen LogP) is 4.49. The molecule has 0 aliphatic carbocycles. The molecule has 1 fully saturated rings. The zero-order chi connectivity index (χ0) is 25.1. The molecule has 1 saturated heterocycles. The molecule has 0 bridgehead atoms. The number of piperidine rings is 1. The Balaban J connectivity index is 1.94. The van der Waals surface area contributed by atoms with Crippen LogP contribution in [0.25, 0.3) is 0 Å². The SMILES string of the molecule is CCN(C)c1cc([N+](C)(C)c2ncc(C)c([N+](C)(C)CC(C)C3CCCCN3)n2)ccc1OC. The predicted molar refractivity (Wildman–Crippen MR) is 145 cm³/mol. The Kier molecular flexibility index (Phi) is 8.22. The van der Waals surface area contributed by atoms with E-state index in [0.717, 1.165) is 58.6 Å². The van der Waals surface area contributed by atoms with Gasteiger partial charge in [0.15, 0.2) is 0 Å². The molecule has 2 unspecified atom stereocenters. The van der Waals surface area contributed by atoms with Crippen LogP contribution < -0.4 is 23.9 Å². The molecule has 0 amide bonds. The molecule has 0 radical (unpaired) electrons. The zero-order valence-corrected chi connectivity index (χ0v) is 22.9. The van der Waals surface area contributed by atoms with Gasteiger partial charge in [0, 0.05) is 49.4 Å². The quantitative estimate of drug-likeness (QED) is 0.547. The molecule has 7 nitrogen and oxygen atoms in total. The standard InChI is InChI=1S/C27H46N6O/c1-10-31(4)24-17-22(14-15-25(24)34-9)33(7,8)27-29-18-20(2)26(30-27)32(5,6)19-21(3)23-13-11-12-16-28-23/h14-15,17-18,21,23,28H,10-13,16,19H2,1-9H3/q+2. The molecule has 188 valence electrons. The maximum absolute atomic E-state index is 5.62. The Hall–Kier alpha value is -2.22. The lowest BCUT2D eigenvalue weighted by atomic mass is 9.92. The first-order valence-corrected chi connectivity index (χ1v) is 12.7. The number of methoxy groups -OCH3 is 1. The summed E-state index contributed by atoms with van der Waals surface area (Å²) in [6.45, 7) is 9.73. The van der Waals surface area contributed by atoms with E-state index < -0.39 is 0 Å². The van der Waals surface area contributed by atoms with Crippen LogP contribution in [0.2, 0.25) is 0 Å². The largest absolute Gasteiger partial charge is 0.495 e. The summed E-state index contributed by atoms with van der Waals surface area (Å²) in [6.07, 6.45) is 5.88. The van der Waals surface area contributed by atoms with Crippen LogP contribution in [-0.4, -0.2) is 78.0 Å². The van der Waals surface area contributed by atoms with E-state index >= 15 is 0 Å². The van der Waals surface area contributed by atoms with Gasteiger partial charge in [-0.25, -0.2) is 4.48 Å². The highest BCUT2D eigenvalue weighted by atomic mass is 16.5. The zero-order valence-electron chi connectivity index (χ0n) is 22.9. The van der Waals surface area contributed by atoms with Crippen molar-refractivity contribution in [1.82, 2.24) is 24.3 Å². The number of hydrogen-bond acceptors (Lipinski definition) is 5. The minimum absolute atomic E-state index is 0.460. The molecule has 3 rings (SSSR count). The number of ether oxygens (including phenoxy) is 1. The Morgan fingerprint density at radius 3 is 2.56 bits per heavy atom. The second-order valence-electron chi connectivity index (χ2n) is 10.9. The Bertz CT molecular complexity index is 968. The third-order valence-electron chi connectivity index (χ3n) is 7.48. The molecule has 2 aromatic rings. The lowest BCUT2D eigenvalue weighted by Crippen LogP contribution is -2.51. The first-order valence-electron chi connectivity index (χ1n) is 12.7. The summed E-state index contributed by atoms with van der Waals surface area (Å²) < 4.78 is 6.82. The molecular formula is C27H46N6O+2. The van der Waals surface area contributed by atoms with Gasteiger partial charge in [0.1, 0.15) is 11.4 Å². The fourth-order valence-electron chi connectivity index (χ4n) is 5.21. The maximum Gasteiger partial charge on any atom is 0.338 e. The van der Waals surface area contributed by atoms with Crippen molar-refractivity contribution >= 4 is 23.1 Å². The van der Waals surface area contributed by atoms with E-state index in [4.69, 9.17) is 14.7 Å². The first-order chi connectivity index (χ1) is 16.0. The summed E-state index contributed by atoms with van der Waals surface area (Å²) in [5, 5.41) is 3.73. The normalized spacial score (nSPS) is 18.0. The van der Waals surface area contributed by atoms with Crippen molar-refractivity contribution in [2.24, 2.45) is 5.92 Å². The highest BCUT2D eigenvalue weighted by Crippen LogP contribution is 2.37. The van der Waals surface area contributed by atoms with Crippen molar-refractivity contribution in [1.29, 1.82) is 0 Å². The summed E-state index contributed by atoms with van der Waals surface area (Å²) in [7, 11) is 12.7. The molecule has 1 N–H and O–H groups in total. The topological polar surface area (TPSA) is 50.3 Å². The summed E-state index contributed by atoms with van der Waals surface area (Å²) in [4.78, 5) is 12.2. The van der Waals surface area contributed by atoms with Gasteiger partial charge in [0.05, 0.1) is 47.5 Å². The van der Waals surface area contributed by atoms with Crippen LogP contribution in [-0.2, 0) is 0 Å². The number of nitrogens with zero attached hydrogens (tertiary/aromatic N) is 5. The van der Waals surface area contributed by atoms with E-state index in [1.54, 1.807) is 7.11 Å². The second-order valence-corrected chi connectivity index (χ2v) is 10.9. The average Bonchev–Trinajstić information content (AvgIpc) is 2.83. The van der Waals surface area contributed by atoms with Crippen LogP contribution in [0.3, 0.4) is 0 Å². The van der Waals surface area contributed by atoms with Crippen molar-refractivity contribution in [2.45, 2.75) is 46.1 Å². The van der Waals surface area contributed by atoms with Crippen molar-refractivity contribution < 1.29 is 4.74 Å². The summed E-state index contributed by atoms with van der Waals surface area (Å²) in [6, 6.07) is 6.95. The van der Waals surface area contributed by atoms with Gasteiger partial charge in [-0.2, -0.15) is 4.98 Å². The Labute approximate surface area is 206 Å². The van der Waals surface area contributed by atoms with Gasteiger partial charge < -0.3 is 15.0 Å². The molecule has 0 spiro atoms. The lowest BCUT2D eigenvalue weighted by Gasteiger charge is -2.36. The number of hydrogen-bond donors (Lipinski definition) is 1. The number of aromatic nitrogens is 2. The van der Waals surface area contributed by atoms with Gasteiger partial charge in [-0.05, 0) is 39.3 Å². The summed E-state index contributed by atoms with van der Waals surface area (Å²) >= 11 is 0. The molecule has 1 aliphatic heterocycles. The monoisotopic (exact) mass is 470 g/mol. The number of benzene rings is 1. The van der Waals surface area contributed by atoms with E-state index in [9.17, 15) is 0 Å². The molecule has 2 atom stereocenters. The number of rotatable bonds is 9. The van der Waals surface area contributed by atoms with Crippen molar-refractivity contribution in [3.05, 3.63) is 30.0 Å². The highest BCUT2D eigenvalue weighted by Gasteiger charge is 2.34. The third kappa shape index (κ3) is 5.53. The van der Waals surface area contributed by atoms with Gasteiger partial charge in [-0.15, -0.1) is 4.98 Å². The first kappa shape index (κ1) is 26.4. The highest BCUT2D eigenvalue weighted by molar-refractivity contribution is 5.67. The molecule has 34 heavy (non-hydrogen) atoms. The number of quaternary nitrogens is 2. The van der Waals surface area contributed by atoms with Gasteiger partial charge in [0.25, 0.3) is 0 Å². The van der Waals surface area contributed by atoms with E-state index in [0.29, 0.717) is 16.4 Å². The van der Waals surface area contributed by atoms with Crippen molar-refractivity contribution in [3.63, 3.8) is 0 Å². The minimum Gasteiger partial charge on any atom is -0.495 e. The van der Waals surface area contributed by atoms with Crippen LogP contribution in [0.4, 0.5) is 23.1 Å². The van der Waals surface area contributed by atoms with Gasteiger partial charge in [-0.1, -0.05) is 13.3 Å². The van der Waals surface area contributed by atoms with Gasteiger partial charge >= 0.3 is 5.95 Å². The fourth-order valence-corrected chi connectivity index (χ4v) is 5.21. The van der Waals surface area contributed by atoms with Crippen LogP contribution in [0.15, 0.2) is 24.4 Å². The van der Waals surface area contributed by atoms with Crippen LogP contribution in [0.1, 0.15) is 38.7 Å². The van der Waals surface area contributed by atoms with E-state index in [1.807, 2.05) is 12.3 Å². The molecular weight excluding hydrogens is 424 g/mol. The van der Waals surface area contributed by atoms with E-state index in [2.05, 4.69) is 78.4 Å². The molecule has 1 aromatic carbocycles. The Morgan fingerprint density at radius 2 is 1.94 bits per heavy atom. The number of anilines is 1. The maximum atomic E-state index is 5.62. The fraction of sp³-hybridized carbons (Fsp3) is 0.630. The molecule has 0 saturated carbocycles. The van der Waals surface area contributed by atoms with Crippen LogP contribution in [0, 0.1) is 12.8 Å². The van der Waals surface area contributed by atoms with Crippen molar-refractivity contribution in [3.8, 4) is 5.75 Å². The molecule has 7 heteroatoms. The number of aryl methyl sites for hydroxylation is 1. The third-order valence-corrected chi connectivity index (χ3v) is 7.48. The summed E-state index contributed by atoms with van der Waals surface area (Å²) in [5.41, 5.74) is 3.33. The number of nitrogens with one attached hydrogen (secondary N) is 1. The second kappa shape index (κ2) is 10.6. The van der Waals surface area contributed by atoms with Crippen molar-refractivity contribution in [2.75, 3.05) is 66.9 Å². The van der Waals surface area contributed by atoms with Gasteiger partial charge in [-0.3, -0.25) is 4.48 Å². The molecule has 1 aromatic heterocycles. The molecule has 1 aliphatic rings. The van der Waals surface area contributed by atoms with Crippen LogP contribution >= 0.6 is 0 Å². The average molecular weight is 471 g/mol. The smallest absolute Gasteiger partial charge is 0.338 e. The van der Waals surface area contributed by atoms with Crippen LogP contribution in [0.5, 0.6) is 5.75 Å². The van der Waals surface area contributed by atoms with E-state index in [1.165, 1.54) is 19.3 Å². The Morgan fingerprint density at radius 1 is 1.21 bits per heavy atom. The lowest BCUT2D eigenvalue weighted by molar-refractivity contribution is 0.244. The van der Waals surface area contributed by atoms with Gasteiger partial charge in [0.2, 0.25) is 5.82 Å². The molecule has 2 heterocycles. The summed E-state index contributed by atoms with van der Waals surface area (Å²) in [5.74, 6) is 3.34. The minimum atomic E-state index is 0.460.